The Morgan fingerprint density at radius 1 is 1.60 bits per heavy atom. The lowest BCUT2D eigenvalue weighted by molar-refractivity contribution is 0.209. The highest BCUT2D eigenvalue weighted by Crippen LogP contribution is 2.44. The van der Waals surface area contributed by atoms with E-state index in [2.05, 4.69) is 11.2 Å². The highest BCUT2D eigenvalue weighted by Gasteiger charge is 2.41. The van der Waals surface area contributed by atoms with E-state index in [0.717, 1.165) is 19.4 Å². The van der Waals surface area contributed by atoms with Crippen LogP contribution < -0.4 is 5.32 Å². The van der Waals surface area contributed by atoms with Gasteiger partial charge in [-0.15, -0.1) is 6.42 Å². The van der Waals surface area contributed by atoms with Gasteiger partial charge in [-0.2, -0.15) is 0 Å². The SMILES string of the molecule is C#CCNCC1(CO)CC1. The maximum Gasteiger partial charge on any atom is 0.0574 e. The van der Waals surface area contributed by atoms with Crippen LogP contribution in [-0.2, 0) is 0 Å². The summed E-state index contributed by atoms with van der Waals surface area (Å²) in [5, 5.41) is 12.0. The molecule has 0 aromatic carbocycles. The number of hydrogen-bond donors (Lipinski definition) is 2. The molecule has 2 N–H and O–H groups in total. The monoisotopic (exact) mass is 139 g/mol. The molecular weight excluding hydrogens is 126 g/mol. The van der Waals surface area contributed by atoms with Crippen molar-refractivity contribution in [2.45, 2.75) is 12.8 Å². The third-order valence-electron chi connectivity index (χ3n) is 2.02. The fourth-order valence-electron chi connectivity index (χ4n) is 0.967. The molecule has 0 saturated heterocycles. The summed E-state index contributed by atoms with van der Waals surface area (Å²) < 4.78 is 0. The zero-order valence-electron chi connectivity index (χ0n) is 6.06. The van der Waals surface area contributed by atoms with Gasteiger partial charge in [0.1, 0.15) is 0 Å². The van der Waals surface area contributed by atoms with Gasteiger partial charge in [-0.25, -0.2) is 0 Å². The number of nitrogens with one attached hydrogen (secondary N) is 1. The van der Waals surface area contributed by atoms with E-state index in [4.69, 9.17) is 11.5 Å². The first-order valence-corrected chi connectivity index (χ1v) is 3.58. The van der Waals surface area contributed by atoms with E-state index in [9.17, 15) is 0 Å². The molecule has 0 heterocycles. The second-order valence-electron chi connectivity index (χ2n) is 2.97. The van der Waals surface area contributed by atoms with E-state index in [-0.39, 0.29) is 5.41 Å². The summed E-state index contributed by atoms with van der Waals surface area (Å²) in [6, 6.07) is 0. The molecule has 0 bridgehead atoms. The van der Waals surface area contributed by atoms with Crippen molar-refractivity contribution in [3.63, 3.8) is 0 Å². The Hall–Kier alpha value is -0.520. The zero-order valence-corrected chi connectivity index (χ0v) is 6.06. The van der Waals surface area contributed by atoms with Gasteiger partial charge in [0.15, 0.2) is 0 Å². The van der Waals surface area contributed by atoms with Gasteiger partial charge in [-0.05, 0) is 12.8 Å². The predicted octanol–water partition coefficient (Wildman–Crippen LogP) is -0.0183. The Balaban J connectivity index is 2.08. The lowest BCUT2D eigenvalue weighted by Gasteiger charge is -2.09. The first-order valence-electron chi connectivity index (χ1n) is 3.58. The van der Waals surface area contributed by atoms with Crippen molar-refractivity contribution in [3.05, 3.63) is 0 Å². The predicted molar refractivity (Wildman–Crippen MR) is 40.5 cm³/mol. The molecule has 0 amide bonds. The molecule has 0 atom stereocenters. The Bertz CT molecular complexity index is 144. The molecule has 0 radical (unpaired) electrons. The molecule has 0 aromatic rings. The second kappa shape index (κ2) is 3.05. The lowest BCUT2D eigenvalue weighted by Crippen LogP contribution is -2.26. The number of aliphatic hydroxyl groups is 1. The number of hydrogen-bond acceptors (Lipinski definition) is 2. The molecule has 0 aromatic heterocycles. The average Bonchev–Trinajstić information content (AvgIpc) is 2.70. The fraction of sp³-hybridized carbons (Fsp3) is 0.750. The van der Waals surface area contributed by atoms with Crippen LogP contribution in [0, 0.1) is 17.8 Å². The Morgan fingerprint density at radius 2 is 2.30 bits per heavy atom. The first kappa shape index (κ1) is 7.59. The van der Waals surface area contributed by atoms with Crippen molar-refractivity contribution in [1.82, 2.24) is 5.32 Å². The summed E-state index contributed by atoms with van der Waals surface area (Å²) in [7, 11) is 0. The molecule has 2 heteroatoms. The van der Waals surface area contributed by atoms with Gasteiger partial charge >= 0.3 is 0 Å². The highest BCUT2D eigenvalue weighted by molar-refractivity contribution is 4.96. The maximum atomic E-state index is 8.86. The first-order chi connectivity index (χ1) is 4.83. The minimum Gasteiger partial charge on any atom is -0.396 e. The van der Waals surface area contributed by atoms with Crippen LogP contribution in [0.4, 0.5) is 0 Å². The fourth-order valence-corrected chi connectivity index (χ4v) is 0.967. The molecule has 2 nitrogen and oxygen atoms in total. The third-order valence-corrected chi connectivity index (χ3v) is 2.02. The molecule has 1 saturated carbocycles. The number of aliphatic hydroxyl groups excluding tert-OH is 1. The quantitative estimate of drug-likeness (QED) is 0.424. The van der Waals surface area contributed by atoms with Crippen molar-refractivity contribution >= 4 is 0 Å². The largest absolute Gasteiger partial charge is 0.396 e. The molecule has 10 heavy (non-hydrogen) atoms. The van der Waals surface area contributed by atoms with Gasteiger partial charge in [0.05, 0.1) is 6.54 Å². The molecule has 56 valence electrons. The van der Waals surface area contributed by atoms with Crippen LogP contribution >= 0.6 is 0 Å². The van der Waals surface area contributed by atoms with Crippen LogP contribution in [0.1, 0.15) is 12.8 Å². The molecule has 1 aliphatic carbocycles. The van der Waals surface area contributed by atoms with Crippen LogP contribution in [0.25, 0.3) is 0 Å². The molecule has 0 spiro atoms. The van der Waals surface area contributed by atoms with Crippen molar-refractivity contribution in [3.8, 4) is 12.3 Å². The minimum atomic E-state index is 0.191. The van der Waals surface area contributed by atoms with E-state index >= 15 is 0 Å². The number of terminal acetylenes is 1. The van der Waals surface area contributed by atoms with Crippen molar-refractivity contribution < 1.29 is 5.11 Å². The van der Waals surface area contributed by atoms with E-state index in [1.165, 1.54) is 0 Å². The Labute approximate surface area is 61.6 Å². The van der Waals surface area contributed by atoms with Crippen LogP contribution in [-0.4, -0.2) is 24.8 Å². The van der Waals surface area contributed by atoms with Crippen LogP contribution in [0.15, 0.2) is 0 Å². The lowest BCUT2D eigenvalue weighted by atomic mass is 10.1. The second-order valence-corrected chi connectivity index (χ2v) is 2.97. The van der Waals surface area contributed by atoms with Crippen LogP contribution in [0.2, 0.25) is 0 Å². The van der Waals surface area contributed by atoms with Crippen LogP contribution in [0.5, 0.6) is 0 Å². The summed E-state index contributed by atoms with van der Waals surface area (Å²) >= 11 is 0. The van der Waals surface area contributed by atoms with E-state index in [1.54, 1.807) is 0 Å². The van der Waals surface area contributed by atoms with E-state index < -0.39 is 0 Å². The molecule has 0 aliphatic heterocycles. The van der Waals surface area contributed by atoms with Crippen molar-refractivity contribution in [2.24, 2.45) is 5.41 Å². The third kappa shape index (κ3) is 1.73. The number of rotatable bonds is 4. The smallest absolute Gasteiger partial charge is 0.0574 e. The Morgan fingerprint density at radius 3 is 2.70 bits per heavy atom. The van der Waals surface area contributed by atoms with Gasteiger partial charge in [0, 0.05) is 18.6 Å². The van der Waals surface area contributed by atoms with Crippen molar-refractivity contribution in [1.29, 1.82) is 0 Å². The summed E-state index contributed by atoms with van der Waals surface area (Å²) in [5.74, 6) is 2.50. The van der Waals surface area contributed by atoms with E-state index in [1.807, 2.05) is 0 Å². The minimum absolute atomic E-state index is 0.191. The standard InChI is InChI=1S/C8H13NO/c1-2-5-9-6-8(7-10)3-4-8/h1,9-10H,3-7H2. The van der Waals surface area contributed by atoms with Gasteiger partial charge < -0.3 is 10.4 Å². The van der Waals surface area contributed by atoms with Gasteiger partial charge in [0.25, 0.3) is 0 Å². The molecule has 1 fully saturated rings. The normalized spacial score (nSPS) is 20.0. The van der Waals surface area contributed by atoms with Gasteiger partial charge in [0.2, 0.25) is 0 Å². The summed E-state index contributed by atoms with van der Waals surface area (Å²) in [4.78, 5) is 0. The molecule has 0 unspecified atom stereocenters. The summed E-state index contributed by atoms with van der Waals surface area (Å²) in [6.07, 6.45) is 7.32. The van der Waals surface area contributed by atoms with E-state index in [0.29, 0.717) is 13.2 Å². The maximum absolute atomic E-state index is 8.86. The zero-order chi connectivity index (χ0) is 7.45. The molecule has 1 aliphatic rings. The molecule has 1 rings (SSSR count). The molecular formula is C8H13NO. The van der Waals surface area contributed by atoms with Gasteiger partial charge in [-0.3, -0.25) is 0 Å². The van der Waals surface area contributed by atoms with Crippen molar-refractivity contribution in [2.75, 3.05) is 19.7 Å². The topological polar surface area (TPSA) is 32.3 Å². The average molecular weight is 139 g/mol. The summed E-state index contributed by atoms with van der Waals surface area (Å²) in [5.41, 5.74) is 0.191. The van der Waals surface area contributed by atoms with Gasteiger partial charge in [-0.1, -0.05) is 5.92 Å². The Kier molecular flexibility index (Phi) is 2.31. The summed E-state index contributed by atoms with van der Waals surface area (Å²) in [6.45, 7) is 1.78. The van der Waals surface area contributed by atoms with Crippen LogP contribution in [0.3, 0.4) is 0 Å². The highest BCUT2D eigenvalue weighted by atomic mass is 16.3.